The number of nitrogens with one attached hydrogen (secondary N) is 1. The van der Waals surface area contributed by atoms with E-state index in [1.165, 1.54) is 0 Å². The zero-order valence-electron chi connectivity index (χ0n) is 12.0. The van der Waals surface area contributed by atoms with Crippen LogP contribution in [-0.4, -0.2) is 42.0 Å². The summed E-state index contributed by atoms with van der Waals surface area (Å²) >= 11 is 7.77. The molecule has 1 unspecified atom stereocenters. The van der Waals surface area contributed by atoms with E-state index in [0.717, 1.165) is 17.0 Å². The molecule has 0 fully saturated rings. The number of halogens is 1. The molecule has 2 N–H and O–H groups in total. The number of aliphatic hydroxyl groups is 1. The third kappa shape index (κ3) is 5.61. The number of carbonyl (C=O) groups is 1. The molecule has 20 heavy (non-hydrogen) atoms. The number of anilines is 1. The van der Waals surface area contributed by atoms with Crippen molar-refractivity contribution in [2.75, 3.05) is 25.2 Å². The Labute approximate surface area is 129 Å². The molecule has 1 atom stereocenters. The molecular formula is C14H21ClN2O2S. The second kappa shape index (κ2) is 8.39. The monoisotopic (exact) mass is 316 g/mol. The lowest BCUT2D eigenvalue weighted by atomic mass is 10.2. The number of benzene rings is 1. The summed E-state index contributed by atoms with van der Waals surface area (Å²) in [4.78, 5) is 13.5. The summed E-state index contributed by atoms with van der Waals surface area (Å²) in [6.07, 6.45) is 2.15. The maximum absolute atomic E-state index is 12.0. The Bertz CT molecular complexity index is 455. The van der Waals surface area contributed by atoms with Crippen LogP contribution in [0.25, 0.3) is 0 Å². The molecular weight excluding hydrogens is 296 g/mol. The Morgan fingerprint density at radius 3 is 2.85 bits per heavy atom. The number of amides is 2. The first-order chi connectivity index (χ1) is 9.43. The normalized spacial score (nSPS) is 12.1. The molecule has 0 aliphatic heterocycles. The van der Waals surface area contributed by atoms with E-state index in [0.29, 0.717) is 18.0 Å². The molecule has 0 saturated heterocycles. The molecule has 0 bridgehead atoms. The molecule has 0 spiro atoms. The molecule has 0 saturated carbocycles. The van der Waals surface area contributed by atoms with Crippen LogP contribution in [0.5, 0.6) is 0 Å². The summed E-state index contributed by atoms with van der Waals surface area (Å²) in [5.41, 5.74) is 1.73. The van der Waals surface area contributed by atoms with Crippen LogP contribution in [0.2, 0.25) is 5.02 Å². The molecule has 1 aromatic carbocycles. The highest BCUT2D eigenvalue weighted by atomic mass is 35.5. The topological polar surface area (TPSA) is 52.6 Å². The van der Waals surface area contributed by atoms with E-state index >= 15 is 0 Å². The number of urea groups is 1. The lowest BCUT2D eigenvalue weighted by Crippen LogP contribution is -2.33. The van der Waals surface area contributed by atoms with Gasteiger partial charge in [0.05, 0.1) is 6.10 Å². The fourth-order valence-electron chi connectivity index (χ4n) is 1.62. The summed E-state index contributed by atoms with van der Waals surface area (Å²) in [5.74, 6) is 0.806. The van der Waals surface area contributed by atoms with Crippen LogP contribution in [0.15, 0.2) is 18.2 Å². The van der Waals surface area contributed by atoms with Crippen LogP contribution < -0.4 is 5.32 Å². The first kappa shape index (κ1) is 17.1. The van der Waals surface area contributed by atoms with E-state index in [1.54, 1.807) is 42.8 Å². The van der Waals surface area contributed by atoms with Gasteiger partial charge in [-0.25, -0.2) is 4.79 Å². The van der Waals surface area contributed by atoms with Crippen LogP contribution in [0.3, 0.4) is 0 Å². The number of aliphatic hydroxyl groups excluding tert-OH is 1. The Kier molecular flexibility index (Phi) is 7.19. The lowest BCUT2D eigenvalue weighted by molar-refractivity contribution is 0.167. The van der Waals surface area contributed by atoms with Crippen LogP contribution in [0, 0.1) is 0 Å². The Morgan fingerprint density at radius 1 is 1.55 bits per heavy atom. The molecule has 112 valence electrons. The van der Waals surface area contributed by atoms with Gasteiger partial charge in [-0.1, -0.05) is 11.6 Å². The van der Waals surface area contributed by atoms with Crippen molar-refractivity contribution in [3.8, 4) is 0 Å². The largest absolute Gasteiger partial charge is 0.393 e. The van der Waals surface area contributed by atoms with Crippen molar-refractivity contribution in [2.45, 2.75) is 25.2 Å². The maximum atomic E-state index is 12.0. The van der Waals surface area contributed by atoms with Crippen LogP contribution in [0.1, 0.15) is 18.9 Å². The minimum Gasteiger partial charge on any atom is -0.393 e. The summed E-state index contributed by atoms with van der Waals surface area (Å²) in [7, 11) is 1.70. The molecule has 1 aromatic rings. The smallest absolute Gasteiger partial charge is 0.321 e. The fraction of sp³-hybridized carbons (Fsp3) is 0.500. The third-order valence-electron chi connectivity index (χ3n) is 2.83. The van der Waals surface area contributed by atoms with Gasteiger partial charge in [0.1, 0.15) is 0 Å². The van der Waals surface area contributed by atoms with Crippen molar-refractivity contribution in [1.29, 1.82) is 0 Å². The van der Waals surface area contributed by atoms with E-state index in [9.17, 15) is 9.90 Å². The van der Waals surface area contributed by atoms with Crippen molar-refractivity contribution in [3.05, 3.63) is 28.8 Å². The highest BCUT2D eigenvalue weighted by Crippen LogP contribution is 2.24. The van der Waals surface area contributed by atoms with Gasteiger partial charge in [-0.05, 0) is 43.4 Å². The van der Waals surface area contributed by atoms with Crippen molar-refractivity contribution < 1.29 is 9.90 Å². The maximum Gasteiger partial charge on any atom is 0.321 e. The Hall–Kier alpha value is -0.910. The lowest BCUT2D eigenvalue weighted by Gasteiger charge is -2.19. The summed E-state index contributed by atoms with van der Waals surface area (Å²) < 4.78 is 0. The fourth-order valence-corrected chi connectivity index (χ4v) is 2.43. The standard InChI is InChI=1S/C14H21ClN2O2S/c1-10(18)6-7-17(2)14(19)16-12-4-5-13(15)11(8-12)9-20-3/h4-5,8,10,18H,6-7,9H2,1-3H3,(H,16,19). The number of hydrogen-bond acceptors (Lipinski definition) is 3. The van der Waals surface area contributed by atoms with Gasteiger partial charge < -0.3 is 15.3 Å². The van der Waals surface area contributed by atoms with E-state index in [1.807, 2.05) is 12.3 Å². The van der Waals surface area contributed by atoms with Gasteiger partial charge in [-0.15, -0.1) is 0 Å². The van der Waals surface area contributed by atoms with E-state index < -0.39 is 6.10 Å². The summed E-state index contributed by atoms with van der Waals surface area (Å²) in [6.45, 7) is 2.22. The number of nitrogens with zero attached hydrogens (tertiary/aromatic N) is 1. The molecule has 0 aromatic heterocycles. The summed E-state index contributed by atoms with van der Waals surface area (Å²) in [6, 6.07) is 5.27. The van der Waals surface area contributed by atoms with Crippen LogP contribution in [-0.2, 0) is 5.75 Å². The van der Waals surface area contributed by atoms with Crippen molar-refractivity contribution in [1.82, 2.24) is 4.90 Å². The van der Waals surface area contributed by atoms with Gasteiger partial charge in [0.2, 0.25) is 0 Å². The minimum atomic E-state index is -0.408. The van der Waals surface area contributed by atoms with Crippen molar-refractivity contribution in [3.63, 3.8) is 0 Å². The van der Waals surface area contributed by atoms with E-state index in [2.05, 4.69) is 5.32 Å². The average molecular weight is 317 g/mol. The highest BCUT2D eigenvalue weighted by Gasteiger charge is 2.10. The molecule has 6 heteroatoms. The van der Waals surface area contributed by atoms with Crippen LogP contribution >= 0.6 is 23.4 Å². The molecule has 4 nitrogen and oxygen atoms in total. The van der Waals surface area contributed by atoms with Gasteiger partial charge in [-0.2, -0.15) is 11.8 Å². The van der Waals surface area contributed by atoms with Gasteiger partial charge in [0.15, 0.2) is 0 Å². The zero-order chi connectivity index (χ0) is 15.1. The van der Waals surface area contributed by atoms with E-state index in [4.69, 9.17) is 11.6 Å². The Balaban J connectivity index is 2.63. The predicted molar refractivity (Wildman–Crippen MR) is 86.6 cm³/mol. The first-order valence-electron chi connectivity index (χ1n) is 6.41. The molecule has 0 heterocycles. The van der Waals surface area contributed by atoms with Gasteiger partial charge in [0.25, 0.3) is 0 Å². The zero-order valence-corrected chi connectivity index (χ0v) is 13.6. The average Bonchev–Trinajstić information content (AvgIpc) is 2.40. The third-order valence-corrected chi connectivity index (χ3v) is 3.79. The predicted octanol–water partition coefficient (Wildman–Crippen LogP) is 3.44. The molecule has 0 aliphatic carbocycles. The minimum absolute atomic E-state index is 0.192. The quantitative estimate of drug-likeness (QED) is 0.845. The van der Waals surface area contributed by atoms with Crippen molar-refractivity contribution in [2.24, 2.45) is 0 Å². The van der Waals surface area contributed by atoms with Gasteiger partial charge in [-0.3, -0.25) is 0 Å². The SMILES string of the molecule is CSCc1cc(NC(=O)N(C)CCC(C)O)ccc1Cl. The van der Waals surface area contributed by atoms with E-state index in [-0.39, 0.29) is 6.03 Å². The second-order valence-corrected chi connectivity index (χ2v) is 6.00. The molecule has 0 aliphatic rings. The number of hydrogen-bond donors (Lipinski definition) is 2. The Morgan fingerprint density at radius 2 is 2.25 bits per heavy atom. The first-order valence-corrected chi connectivity index (χ1v) is 8.18. The van der Waals surface area contributed by atoms with Crippen molar-refractivity contribution >= 4 is 35.1 Å². The van der Waals surface area contributed by atoms with Gasteiger partial charge in [0, 0.05) is 30.1 Å². The molecule has 2 amide bonds. The van der Waals surface area contributed by atoms with Crippen LogP contribution in [0.4, 0.5) is 10.5 Å². The second-order valence-electron chi connectivity index (χ2n) is 4.73. The van der Waals surface area contributed by atoms with Gasteiger partial charge >= 0.3 is 6.03 Å². The summed E-state index contributed by atoms with van der Waals surface area (Å²) in [5, 5.41) is 12.8. The number of rotatable bonds is 6. The molecule has 1 rings (SSSR count). The number of carbonyl (C=O) groups excluding carboxylic acids is 1. The number of thioether (sulfide) groups is 1. The molecule has 0 radical (unpaired) electrons. The highest BCUT2D eigenvalue weighted by molar-refractivity contribution is 7.97.